The summed E-state index contributed by atoms with van der Waals surface area (Å²) >= 11 is 0. The number of hydrogen-bond acceptors (Lipinski definition) is 5. The second-order valence-corrected chi connectivity index (χ2v) is 5.53. The first-order valence-electron chi connectivity index (χ1n) is 6.49. The van der Waals surface area contributed by atoms with Crippen molar-refractivity contribution in [2.24, 2.45) is 0 Å². The van der Waals surface area contributed by atoms with Crippen molar-refractivity contribution in [3.63, 3.8) is 0 Å². The molecule has 0 bridgehead atoms. The van der Waals surface area contributed by atoms with Crippen molar-refractivity contribution in [3.05, 3.63) is 35.7 Å². The van der Waals surface area contributed by atoms with Gasteiger partial charge in [-0.3, -0.25) is 0 Å². The molecule has 0 aliphatic heterocycles. The highest BCUT2D eigenvalue weighted by Crippen LogP contribution is 2.18. The number of carbonyl (C=O) groups excluding carboxylic acids is 1. The van der Waals surface area contributed by atoms with E-state index in [-0.39, 0.29) is 23.8 Å². The van der Waals surface area contributed by atoms with E-state index in [1.165, 1.54) is 0 Å². The van der Waals surface area contributed by atoms with Crippen LogP contribution in [0.5, 0.6) is 0 Å². The molecule has 0 aliphatic rings. The number of aromatic nitrogens is 2. The fourth-order valence-electron chi connectivity index (χ4n) is 1.59. The van der Waals surface area contributed by atoms with Gasteiger partial charge in [0.1, 0.15) is 23.8 Å². The van der Waals surface area contributed by atoms with Crippen LogP contribution in [0.4, 0.5) is 13.6 Å². The van der Waals surface area contributed by atoms with Gasteiger partial charge in [0.15, 0.2) is 0 Å². The minimum Gasteiger partial charge on any atom is -0.444 e. The molecule has 1 aromatic carbocycles. The Morgan fingerprint density at radius 3 is 2.50 bits per heavy atom. The summed E-state index contributed by atoms with van der Waals surface area (Å²) < 4.78 is 36.2. The SMILES string of the molecule is CC(C)(C)OC(=O)NCc1nc(-c2cc(F)cc(F)c2)no1. The third kappa shape index (κ3) is 4.51. The van der Waals surface area contributed by atoms with Crippen molar-refractivity contribution in [1.82, 2.24) is 15.5 Å². The Labute approximate surface area is 125 Å². The monoisotopic (exact) mass is 311 g/mol. The lowest BCUT2D eigenvalue weighted by atomic mass is 10.2. The molecule has 2 aromatic rings. The lowest BCUT2D eigenvalue weighted by Crippen LogP contribution is -2.32. The van der Waals surface area contributed by atoms with Crippen LogP contribution in [-0.4, -0.2) is 21.8 Å². The molecule has 0 fully saturated rings. The van der Waals surface area contributed by atoms with Gasteiger partial charge in [0.2, 0.25) is 11.7 Å². The van der Waals surface area contributed by atoms with E-state index < -0.39 is 23.3 Å². The molecule has 8 heteroatoms. The molecule has 0 unspecified atom stereocenters. The molecule has 1 amide bonds. The van der Waals surface area contributed by atoms with E-state index in [9.17, 15) is 13.6 Å². The van der Waals surface area contributed by atoms with Crippen LogP contribution in [0.15, 0.2) is 22.7 Å². The number of hydrogen-bond donors (Lipinski definition) is 1. The number of ether oxygens (including phenoxy) is 1. The highest BCUT2D eigenvalue weighted by atomic mass is 19.1. The first-order valence-corrected chi connectivity index (χ1v) is 6.49. The van der Waals surface area contributed by atoms with Gasteiger partial charge >= 0.3 is 6.09 Å². The van der Waals surface area contributed by atoms with Crippen LogP contribution < -0.4 is 5.32 Å². The van der Waals surface area contributed by atoms with E-state index in [4.69, 9.17) is 9.26 Å². The maximum Gasteiger partial charge on any atom is 0.408 e. The number of alkyl carbamates (subject to hydrolysis) is 1. The van der Waals surface area contributed by atoms with E-state index >= 15 is 0 Å². The zero-order valence-electron chi connectivity index (χ0n) is 12.3. The standard InChI is InChI=1S/C14H15F2N3O3/c1-14(2,3)21-13(20)17-7-11-18-12(19-22-11)8-4-9(15)6-10(16)5-8/h4-6H,7H2,1-3H3,(H,17,20). The van der Waals surface area contributed by atoms with Crippen molar-refractivity contribution in [3.8, 4) is 11.4 Å². The van der Waals surface area contributed by atoms with Gasteiger partial charge < -0.3 is 14.6 Å². The topological polar surface area (TPSA) is 77.2 Å². The number of carbonyl (C=O) groups is 1. The molecule has 1 aromatic heterocycles. The predicted molar refractivity (Wildman–Crippen MR) is 72.7 cm³/mol. The summed E-state index contributed by atoms with van der Waals surface area (Å²) in [5.41, 5.74) is -0.479. The fourth-order valence-corrected chi connectivity index (χ4v) is 1.59. The maximum atomic E-state index is 13.1. The smallest absolute Gasteiger partial charge is 0.408 e. The minimum absolute atomic E-state index is 0.0272. The number of halogens is 2. The van der Waals surface area contributed by atoms with Crippen molar-refractivity contribution in [1.29, 1.82) is 0 Å². The Bertz CT molecular complexity index is 660. The summed E-state index contributed by atoms with van der Waals surface area (Å²) in [4.78, 5) is 15.4. The summed E-state index contributed by atoms with van der Waals surface area (Å²) in [6, 6.07) is 2.91. The van der Waals surface area contributed by atoms with E-state index in [1.54, 1.807) is 20.8 Å². The van der Waals surface area contributed by atoms with Gasteiger partial charge in [-0.2, -0.15) is 4.98 Å². The Kier molecular flexibility index (Phi) is 4.39. The van der Waals surface area contributed by atoms with Crippen molar-refractivity contribution in [2.45, 2.75) is 32.9 Å². The third-order valence-corrected chi connectivity index (χ3v) is 2.37. The number of benzene rings is 1. The van der Waals surface area contributed by atoms with Crippen molar-refractivity contribution >= 4 is 6.09 Å². The molecule has 0 radical (unpaired) electrons. The first-order chi connectivity index (χ1) is 10.2. The Morgan fingerprint density at radius 1 is 1.27 bits per heavy atom. The molecule has 6 nitrogen and oxygen atoms in total. The lowest BCUT2D eigenvalue weighted by Gasteiger charge is -2.19. The van der Waals surface area contributed by atoms with Gasteiger partial charge in [-0.15, -0.1) is 0 Å². The molecular weight excluding hydrogens is 296 g/mol. The molecule has 0 atom stereocenters. The molecule has 0 saturated heterocycles. The van der Waals surface area contributed by atoms with Crippen LogP contribution in [0.2, 0.25) is 0 Å². The zero-order chi connectivity index (χ0) is 16.3. The van der Waals surface area contributed by atoms with Gasteiger partial charge in [0.25, 0.3) is 0 Å². The molecule has 1 heterocycles. The third-order valence-electron chi connectivity index (χ3n) is 2.37. The maximum absolute atomic E-state index is 13.1. The zero-order valence-corrected chi connectivity index (χ0v) is 12.3. The van der Waals surface area contributed by atoms with Crippen molar-refractivity contribution in [2.75, 3.05) is 0 Å². The molecule has 2 rings (SSSR count). The summed E-state index contributed by atoms with van der Waals surface area (Å²) in [6.07, 6.45) is -0.635. The molecular formula is C14H15F2N3O3. The molecule has 0 saturated carbocycles. The number of rotatable bonds is 3. The first kappa shape index (κ1) is 15.9. The van der Waals surface area contributed by atoms with E-state index in [0.717, 1.165) is 18.2 Å². The van der Waals surface area contributed by atoms with Crippen molar-refractivity contribution < 1.29 is 22.8 Å². The molecule has 22 heavy (non-hydrogen) atoms. The number of nitrogens with zero attached hydrogens (tertiary/aromatic N) is 2. The van der Waals surface area contributed by atoms with Crippen LogP contribution in [0.1, 0.15) is 26.7 Å². The summed E-state index contributed by atoms with van der Waals surface area (Å²) in [6.45, 7) is 5.14. The summed E-state index contributed by atoms with van der Waals surface area (Å²) in [7, 11) is 0. The average Bonchev–Trinajstić information content (AvgIpc) is 2.82. The van der Waals surface area contributed by atoms with Gasteiger partial charge in [-0.1, -0.05) is 5.16 Å². The number of amides is 1. The highest BCUT2D eigenvalue weighted by molar-refractivity contribution is 5.67. The Balaban J connectivity index is 2.01. The molecule has 118 valence electrons. The second-order valence-electron chi connectivity index (χ2n) is 5.53. The quantitative estimate of drug-likeness (QED) is 0.942. The Hall–Kier alpha value is -2.51. The van der Waals surface area contributed by atoms with E-state index in [0.29, 0.717) is 0 Å². The van der Waals surface area contributed by atoms with Gasteiger partial charge in [0.05, 0.1) is 0 Å². The van der Waals surface area contributed by atoms with Crippen LogP contribution in [-0.2, 0) is 11.3 Å². The van der Waals surface area contributed by atoms with Crippen LogP contribution in [0.3, 0.4) is 0 Å². The van der Waals surface area contributed by atoms with E-state index in [2.05, 4.69) is 15.5 Å². The highest BCUT2D eigenvalue weighted by Gasteiger charge is 2.17. The van der Waals surface area contributed by atoms with Crippen LogP contribution in [0, 0.1) is 11.6 Å². The average molecular weight is 311 g/mol. The second kappa shape index (κ2) is 6.08. The molecule has 1 N–H and O–H groups in total. The molecule has 0 spiro atoms. The largest absolute Gasteiger partial charge is 0.444 e. The van der Waals surface area contributed by atoms with Gasteiger partial charge in [-0.25, -0.2) is 13.6 Å². The van der Waals surface area contributed by atoms with Crippen LogP contribution >= 0.6 is 0 Å². The van der Waals surface area contributed by atoms with Crippen LogP contribution in [0.25, 0.3) is 11.4 Å². The molecule has 0 aliphatic carbocycles. The summed E-state index contributed by atoms with van der Waals surface area (Å²) in [5.74, 6) is -1.37. The lowest BCUT2D eigenvalue weighted by molar-refractivity contribution is 0.0518. The normalized spacial score (nSPS) is 11.3. The van der Waals surface area contributed by atoms with E-state index in [1.807, 2.05) is 0 Å². The Morgan fingerprint density at radius 2 is 1.91 bits per heavy atom. The van der Waals surface area contributed by atoms with Gasteiger partial charge in [0, 0.05) is 11.6 Å². The fraction of sp³-hybridized carbons (Fsp3) is 0.357. The number of nitrogens with one attached hydrogen (secondary N) is 1. The summed E-state index contributed by atoms with van der Waals surface area (Å²) in [5, 5.41) is 6.05. The predicted octanol–water partition coefficient (Wildman–Crippen LogP) is 3.04. The van der Waals surface area contributed by atoms with Gasteiger partial charge in [-0.05, 0) is 32.9 Å². The minimum atomic E-state index is -0.742.